The van der Waals surface area contributed by atoms with Crippen LogP contribution >= 0.6 is 0 Å². The molecule has 1 aromatic rings. The number of phenols is 1. The van der Waals surface area contributed by atoms with Crippen molar-refractivity contribution in [3.05, 3.63) is 41.0 Å². The lowest BCUT2D eigenvalue weighted by atomic mass is 9.55. The van der Waals surface area contributed by atoms with Crippen LogP contribution in [0.5, 0.6) is 5.75 Å². The van der Waals surface area contributed by atoms with Crippen LogP contribution in [0.1, 0.15) is 67.8 Å². The molecule has 2 heteroatoms. The first-order chi connectivity index (χ1) is 10.5. The van der Waals surface area contributed by atoms with Crippen LogP contribution in [0.2, 0.25) is 0 Å². The molecule has 1 aromatic carbocycles. The molecule has 2 nitrogen and oxygen atoms in total. The Bertz CT molecular complexity index is 672. The molecular weight excluding hydrogens is 272 g/mol. The van der Waals surface area contributed by atoms with Gasteiger partial charge in [0.1, 0.15) is 5.75 Å². The number of hydrogen-bond acceptors (Lipinski definition) is 2. The van der Waals surface area contributed by atoms with E-state index in [1.54, 1.807) is 17.7 Å². The van der Waals surface area contributed by atoms with Crippen LogP contribution in [0, 0.1) is 17.3 Å². The number of phenolic OH excluding ortho intramolecular Hbond substituents is 1. The lowest BCUT2D eigenvalue weighted by Crippen LogP contribution is -2.41. The van der Waals surface area contributed by atoms with Gasteiger partial charge >= 0.3 is 0 Å². The lowest BCUT2D eigenvalue weighted by molar-refractivity contribution is 0.0652. The summed E-state index contributed by atoms with van der Waals surface area (Å²) in [7, 11) is 0. The van der Waals surface area contributed by atoms with Gasteiger partial charge in [0.25, 0.3) is 0 Å². The molecule has 0 aliphatic heterocycles. The smallest absolute Gasteiger partial charge is 0.163 e. The molecule has 0 amide bonds. The van der Waals surface area contributed by atoms with Crippen LogP contribution in [0.15, 0.2) is 29.8 Å². The molecule has 0 bridgehead atoms. The van der Waals surface area contributed by atoms with Crippen molar-refractivity contribution in [3.8, 4) is 5.75 Å². The fraction of sp³-hybridized carbons (Fsp3) is 0.550. The summed E-state index contributed by atoms with van der Waals surface area (Å²) in [6, 6.07) is 5.41. The maximum Gasteiger partial charge on any atom is 0.163 e. The monoisotopic (exact) mass is 296 g/mol. The van der Waals surface area contributed by atoms with Gasteiger partial charge in [-0.2, -0.15) is 0 Å². The fourth-order valence-corrected chi connectivity index (χ4v) is 5.71. The van der Waals surface area contributed by atoms with Gasteiger partial charge in [-0.1, -0.05) is 24.6 Å². The fourth-order valence-electron chi connectivity index (χ4n) is 5.71. The van der Waals surface area contributed by atoms with Gasteiger partial charge in [0.2, 0.25) is 0 Å². The summed E-state index contributed by atoms with van der Waals surface area (Å²) in [4.78, 5) is 12.6. The van der Waals surface area contributed by atoms with E-state index in [-0.39, 0.29) is 11.5 Å². The third-order valence-electron chi connectivity index (χ3n) is 6.79. The quantitative estimate of drug-likeness (QED) is 0.696. The Labute approximate surface area is 132 Å². The molecule has 116 valence electrons. The van der Waals surface area contributed by atoms with Crippen molar-refractivity contribution in [2.75, 3.05) is 0 Å². The van der Waals surface area contributed by atoms with Gasteiger partial charge in [-0.05, 0) is 73.5 Å². The number of Topliss-reactive ketones (excluding diaryl/α,β-unsaturated/α-hetero) is 1. The van der Waals surface area contributed by atoms with Crippen molar-refractivity contribution in [3.63, 3.8) is 0 Å². The summed E-state index contributed by atoms with van der Waals surface area (Å²) >= 11 is 0. The molecule has 3 aliphatic carbocycles. The van der Waals surface area contributed by atoms with Crippen molar-refractivity contribution >= 4 is 5.78 Å². The molecule has 2 fully saturated rings. The lowest BCUT2D eigenvalue weighted by Gasteiger charge is -2.49. The molecule has 0 unspecified atom stereocenters. The van der Waals surface area contributed by atoms with Crippen LogP contribution in [0.25, 0.3) is 0 Å². The maximum atomic E-state index is 12.6. The number of hydrogen-bond donors (Lipinski definition) is 1. The van der Waals surface area contributed by atoms with Gasteiger partial charge in [-0.15, -0.1) is 0 Å². The van der Waals surface area contributed by atoms with Crippen molar-refractivity contribution in [2.45, 2.75) is 51.9 Å². The van der Waals surface area contributed by atoms with Crippen molar-refractivity contribution in [2.24, 2.45) is 17.3 Å². The summed E-state index contributed by atoms with van der Waals surface area (Å²) in [6.45, 7) is 4.59. The van der Waals surface area contributed by atoms with E-state index in [9.17, 15) is 9.90 Å². The van der Waals surface area contributed by atoms with Gasteiger partial charge in [-0.25, -0.2) is 0 Å². The Hall–Kier alpha value is -1.57. The molecule has 0 heterocycles. The summed E-state index contributed by atoms with van der Waals surface area (Å²) in [6.07, 6.45) is 7.82. The topological polar surface area (TPSA) is 37.3 Å². The minimum atomic E-state index is 0.211. The predicted octanol–water partition coefficient (Wildman–Crippen LogP) is 4.83. The molecular formula is C20H24O2. The number of rotatable bonds is 0. The van der Waals surface area contributed by atoms with Gasteiger partial charge in [0.15, 0.2) is 5.78 Å². The Kier molecular flexibility index (Phi) is 3.01. The summed E-state index contributed by atoms with van der Waals surface area (Å²) < 4.78 is 0. The van der Waals surface area contributed by atoms with Crippen molar-refractivity contribution < 1.29 is 9.90 Å². The highest BCUT2D eigenvalue weighted by atomic mass is 16.3. The molecule has 0 saturated heterocycles. The third kappa shape index (κ3) is 1.76. The molecule has 3 aliphatic rings. The SMILES string of the molecule is C/C=C1\CC[C@H]2[C@@H]3CC(=O)c4cc(O)ccc4[C@H]3CC[C@]12C. The first-order valence-corrected chi connectivity index (χ1v) is 8.56. The second-order valence-electron chi connectivity index (χ2n) is 7.58. The van der Waals surface area contributed by atoms with Crippen LogP contribution in [0.4, 0.5) is 0 Å². The predicted molar refractivity (Wildman–Crippen MR) is 87.1 cm³/mol. The summed E-state index contributed by atoms with van der Waals surface area (Å²) in [5, 5.41) is 9.70. The normalized spacial score (nSPS) is 38.5. The molecule has 4 rings (SSSR count). The second-order valence-corrected chi connectivity index (χ2v) is 7.58. The maximum absolute atomic E-state index is 12.6. The highest BCUT2D eigenvalue weighted by Crippen LogP contribution is 2.62. The Morgan fingerprint density at radius 1 is 1.32 bits per heavy atom. The molecule has 2 saturated carbocycles. The number of carbonyl (C=O) groups is 1. The largest absolute Gasteiger partial charge is 0.508 e. The second kappa shape index (κ2) is 4.71. The molecule has 1 N–H and O–H groups in total. The Morgan fingerprint density at radius 3 is 2.91 bits per heavy atom. The molecule has 22 heavy (non-hydrogen) atoms. The van der Waals surface area contributed by atoms with E-state index in [1.165, 1.54) is 31.2 Å². The van der Waals surface area contributed by atoms with Crippen LogP contribution < -0.4 is 0 Å². The van der Waals surface area contributed by atoms with Crippen molar-refractivity contribution in [1.82, 2.24) is 0 Å². The van der Waals surface area contributed by atoms with E-state index in [1.807, 2.05) is 6.07 Å². The molecule has 0 radical (unpaired) electrons. The van der Waals surface area contributed by atoms with Crippen molar-refractivity contribution in [1.29, 1.82) is 0 Å². The van der Waals surface area contributed by atoms with Gasteiger partial charge in [0, 0.05) is 12.0 Å². The van der Waals surface area contributed by atoms with Gasteiger partial charge < -0.3 is 5.11 Å². The van der Waals surface area contributed by atoms with E-state index in [4.69, 9.17) is 0 Å². The van der Waals surface area contributed by atoms with E-state index in [2.05, 4.69) is 19.9 Å². The number of aromatic hydroxyl groups is 1. The molecule has 4 atom stereocenters. The minimum Gasteiger partial charge on any atom is -0.508 e. The van der Waals surface area contributed by atoms with Crippen LogP contribution in [-0.4, -0.2) is 10.9 Å². The molecule has 0 spiro atoms. The number of allylic oxidation sites excluding steroid dienone is 2. The third-order valence-corrected chi connectivity index (χ3v) is 6.79. The number of carbonyl (C=O) groups excluding carboxylic acids is 1. The number of ketones is 1. The van der Waals surface area contributed by atoms with E-state index >= 15 is 0 Å². The zero-order valence-corrected chi connectivity index (χ0v) is 13.4. The van der Waals surface area contributed by atoms with Crippen LogP contribution in [0.3, 0.4) is 0 Å². The first kappa shape index (κ1) is 14.0. The summed E-state index contributed by atoms with van der Waals surface area (Å²) in [5.41, 5.74) is 3.88. The van der Waals surface area contributed by atoms with Gasteiger partial charge in [-0.3, -0.25) is 4.79 Å². The standard InChI is InChI=1S/C20H24O2/c1-3-12-4-7-18-16-11-19(22)17-10-13(21)5-6-14(17)15(16)8-9-20(12,18)2/h3,5-6,10,15-16,18,21H,4,7-9,11H2,1-2H3/b12-3+/t15-,16-,18+,20-/m1/s1. The zero-order chi connectivity index (χ0) is 15.5. The highest BCUT2D eigenvalue weighted by Gasteiger charge is 2.53. The van der Waals surface area contributed by atoms with E-state index < -0.39 is 0 Å². The Balaban J connectivity index is 1.77. The zero-order valence-electron chi connectivity index (χ0n) is 13.4. The van der Waals surface area contributed by atoms with Crippen LogP contribution in [-0.2, 0) is 0 Å². The number of fused-ring (bicyclic) bond motifs is 5. The van der Waals surface area contributed by atoms with E-state index in [0.29, 0.717) is 29.6 Å². The molecule has 0 aromatic heterocycles. The number of benzene rings is 1. The summed E-state index contributed by atoms with van der Waals surface area (Å²) in [5.74, 6) is 2.07. The van der Waals surface area contributed by atoms with Gasteiger partial charge in [0.05, 0.1) is 0 Å². The Morgan fingerprint density at radius 2 is 2.14 bits per heavy atom. The minimum absolute atomic E-state index is 0.211. The average molecular weight is 296 g/mol. The highest BCUT2D eigenvalue weighted by molar-refractivity contribution is 5.99. The average Bonchev–Trinajstić information content (AvgIpc) is 2.84. The van der Waals surface area contributed by atoms with E-state index in [0.717, 1.165) is 5.56 Å². The first-order valence-electron chi connectivity index (χ1n) is 8.56.